The van der Waals surface area contributed by atoms with Crippen molar-refractivity contribution in [2.24, 2.45) is 7.05 Å². The van der Waals surface area contributed by atoms with Gasteiger partial charge in [-0.05, 0) is 43.2 Å². The molecule has 2 heterocycles. The normalized spacial score (nSPS) is 15.7. The quantitative estimate of drug-likeness (QED) is 0.611. The maximum Gasteiger partial charge on any atom is 0.255 e. The van der Waals surface area contributed by atoms with Gasteiger partial charge in [0.2, 0.25) is 0 Å². The largest absolute Gasteiger partial charge is 0.496 e. The lowest BCUT2D eigenvalue weighted by atomic mass is 10.2. The van der Waals surface area contributed by atoms with Gasteiger partial charge in [0, 0.05) is 32.3 Å². The minimum Gasteiger partial charge on any atom is -0.496 e. The molecule has 0 radical (unpaired) electrons. The van der Waals surface area contributed by atoms with E-state index in [-0.39, 0.29) is 17.9 Å². The number of methoxy groups -OCH3 is 1. The Morgan fingerprint density at radius 1 is 1.26 bits per heavy atom. The Labute approximate surface area is 180 Å². The van der Waals surface area contributed by atoms with E-state index >= 15 is 0 Å². The molecule has 2 aromatic carbocycles. The van der Waals surface area contributed by atoms with Crippen LogP contribution in [-0.4, -0.2) is 47.7 Å². The van der Waals surface area contributed by atoms with Gasteiger partial charge in [-0.1, -0.05) is 12.1 Å². The Balaban J connectivity index is 1.40. The number of imidazole rings is 1. The van der Waals surface area contributed by atoms with Gasteiger partial charge < -0.3 is 24.7 Å². The molecule has 1 atom stereocenters. The molecule has 3 aromatic rings. The summed E-state index contributed by atoms with van der Waals surface area (Å²) in [6, 6.07) is 12.8. The number of amides is 2. The van der Waals surface area contributed by atoms with Crippen LogP contribution >= 0.6 is 0 Å². The van der Waals surface area contributed by atoms with Crippen LogP contribution < -0.4 is 15.4 Å². The topological polar surface area (TPSA) is 94.5 Å². The molecule has 1 aliphatic heterocycles. The predicted octanol–water partition coefficient (Wildman–Crippen LogP) is 2.67. The summed E-state index contributed by atoms with van der Waals surface area (Å²) in [5, 5.41) is 5.83. The molecule has 2 amide bonds. The molecule has 4 rings (SSSR count). The van der Waals surface area contributed by atoms with Gasteiger partial charge in [0.25, 0.3) is 11.8 Å². The molecule has 1 saturated heterocycles. The number of rotatable bonds is 7. The Bertz CT molecular complexity index is 1100. The Hall–Kier alpha value is -3.39. The van der Waals surface area contributed by atoms with Gasteiger partial charge in [-0.15, -0.1) is 0 Å². The minimum absolute atomic E-state index is 0.118. The number of anilines is 1. The van der Waals surface area contributed by atoms with Crippen LogP contribution in [0, 0.1) is 0 Å². The van der Waals surface area contributed by atoms with E-state index in [1.54, 1.807) is 25.3 Å². The second-order valence-electron chi connectivity index (χ2n) is 7.49. The van der Waals surface area contributed by atoms with Crippen LogP contribution in [0.15, 0.2) is 42.5 Å². The molecule has 0 saturated carbocycles. The van der Waals surface area contributed by atoms with Crippen LogP contribution in [0.4, 0.5) is 5.69 Å². The van der Waals surface area contributed by atoms with Crippen molar-refractivity contribution in [1.29, 1.82) is 0 Å². The Kier molecular flexibility index (Phi) is 6.18. The summed E-state index contributed by atoms with van der Waals surface area (Å²) in [6.07, 6.45) is 1.86. The fourth-order valence-corrected chi connectivity index (χ4v) is 3.77. The van der Waals surface area contributed by atoms with Gasteiger partial charge in [-0.3, -0.25) is 9.59 Å². The van der Waals surface area contributed by atoms with Crippen molar-refractivity contribution in [2.45, 2.75) is 25.4 Å². The molecule has 2 N–H and O–H groups in total. The molecule has 162 valence electrons. The second-order valence-corrected chi connectivity index (χ2v) is 7.49. The van der Waals surface area contributed by atoms with E-state index in [0.717, 1.165) is 29.7 Å². The number of aromatic nitrogens is 2. The second kappa shape index (κ2) is 9.18. The molecule has 0 unspecified atom stereocenters. The number of hydrogen-bond acceptors (Lipinski definition) is 5. The molecule has 8 heteroatoms. The summed E-state index contributed by atoms with van der Waals surface area (Å²) < 4.78 is 12.7. The van der Waals surface area contributed by atoms with Gasteiger partial charge in [0.05, 0.1) is 23.7 Å². The minimum atomic E-state index is -0.373. The van der Waals surface area contributed by atoms with Crippen LogP contribution in [0.1, 0.15) is 29.0 Å². The van der Waals surface area contributed by atoms with E-state index in [1.807, 2.05) is 35.9 Å². The van der Waals surface area contributed by atoms with Gasteiger partial charge in [0.1, 0.15) is 17.7 Å². The third-order valence-corrected chi connectivity index (χ3v) is 5.45. The summed E-state index contributed by atoms with van der Waals surface area (Å²) in [4.78, 5) is 29.4. The summed E-state index contributed by atoms with van der Waals surface area (Å²) in [5.41, 5.74) is 2.95. The number of ether oxygens (including phenoxy) is 2. The first kappa shape index (κ1) is 20.9. The van der Waals surface area contributed by atoms with Crippen molar-refractivity contribution in [1.82, 2.24) is 14.9 Å². The highest BCUT2D eigenvalue weighted by molar-refractivity contribution is 5.97. The third-order valence-electron chi connectivity index (χ3n) is 5.45. The van der Waals surface area contributed by atoms with Crippen molar-refractivity contribution < 1.29 is 19.1 Å². The smallest absolute Gasteiger partial charge is 0.255 e. The first-order valence-electron chi connectivity index (χ1n) is 10.4. The molecular formula is C23H26N4O4. The van der Waals surface area contributed by atoms with Crippen molar-refractivity contribution in [2.75, 3.05) is 25.6 Å². The van der Waals surface area contributed by atoms with Crippen LogP contribution in [-0.2, 0) is 23.0 Å². The van der Waals surface area contributed by atoms with Gasteiger partial charge in [-0.2, -0.15) is 0 Å². The predicted molar refractivity (Wildman–Crippen MR) is 117 cm³/mol. The third kappa shape index (κ3) is 4.54. The van der Waals surface area contributed by atoms with E-state index < -0.39 is 0 Å². The van der Waals surface area contributed by atoms with Gasteiger partial charge in [-0.25, -0.2) is 4.98 Å². The van der Waals surface area contributed by atoms with Crippen LogP contribution in [0.5, 0.6) is 5.75 Å². The summed E-state index contributed by atoms with van der Waals surface area (Å²) in [7, 11) is 3.49. The van der Waals surface area contributed by atoms with Crippen LogP contribution in [0.3, 0.4) is 0 Å². The first-order valence-corrected chi connectivity index (χ1v) is 10.4. The number of aryl methyl sites for hydroxylation is 1. The molecule has 8 nitrogen and oxygen atoms in total. The molecule has 0 aliphatic carbocycles. The summed E-state index contributed by atoms with van der Waals surface area (Å²) in [6.45, 7) is 1.07. The first-order chi connectivity index (χ1) is 15.1. The lowest BCUT2D eigenvalue weighted by Gasteiger charge is -2.10. The zero-order chi connectivity index (χ0) is 21.8. The fourth-order valence-electron chi connectivity index (χ4n) is 3.77. The highest BCUT2D eigenvalue weighted by Crippen LogP contribution is 2.22. The Morgan fingerprint density at radius 3 is 2.87 bits per heavy atom. The van der Waals surface area contributed by atoms with Gasteiger partial charge in [0.15, 0.2) is 0 Å². The van der Waals surface area contributed by atoms with E-state index in [9.17, 15) is 9.59 Å². The summed E-state index contributed by atoms with van der Waals surface area (Å²) >= 11 is 0. The lowest BCUT2D eigenvalue weighted by Crippen LogP contribution is -2.26. The molecule has 1 aromatic heterocycles. The number of benzene rings is 2. The zero-order valence-corrected chi connectivity index (χ0v) is 17.7. The standard InChI is InChI=1S/C23H26N4O4/c1-27-18-10-9-15(25-23(29)20-8-5-13-31-20)14-17(18)26-21(27)11-12-24-22(28)16-6-3-4-7-19(16)30-2/h3-4,6-7,9-10,14,20H,5,8,11-13H2,1-2H3,(H,24,28)(H,25,29)/t20-/m0/s1. The number of nitrogens with one attached hydrogen (secondary N) is 2. The van der Waals surface area contributed by atoms with Crippen LogP contribution in [0.25, 0.3) is 11.0 Å². The number of para-hydroxylation sites is 1. The molecular weight excluding hydrogens is 396 g/mol. The Morgan fingerprint density at radius 2 is 2.10 bits per heavy atom. The highest BCUT2D eigenvalue weighted by atomic mass is 16.5. The van der Waals surface area contributed by atoms with E-state index in [1.165, 1.54) is 0 Å². The average molecular weight is 422 g/mol. The maximum absolute atomic E-state index is 12.5. The number of hydrogen-bond donors (Lipinski definition) is 2. The number of carbonyl (C=O) groups excluding carboxylic acids is 2. The van der Waals surface area contributed by atoms with Crippen molar-refractivity contribution in [3.05, 3.63) is 53.9 Å². The van der Waals surface area contributed by atoms with Gasteiger partial charge >= 0.3 is 0 Å². The van der Waals surface area contributed by atoms with E-state index in [0.29, 0.717) is 36.6 Å². The zero-order valence-electron chi connectivity index (χ0n) is 17.7. The van der Waals surface area contributed by atoms with Crippen molar-refractivity contribution >= 4 is 28.5 Å². The number of nitrogens with zero attached hydrogens (tertiary/aromatic N) is 2. The number of fused-ring (bicyclic) bond motifs is 1. The molecule has 1 aliphatic rings. The maximum atomic E-state index is 12.5. The number of carbonyl (C=O) groups is 2. The lowest BCUT2D eigenvalue weighted by molar-refractivity contribution is -0.124. The van der Waals surface area contributed by atoms with E-state index in [4.69, 9.17) is 9.47 Å². The van der Waals surface area contributed by atoms with Crippen molar-refractivity contribution in [3.8, 4) is 5.75 Å². The average Bonchev–Trinajstić information content (AvgIpc) is 3.42. The summed E-state index contributed by atoms with van der Waals surface area (Å²) in [5.74, 6) is 1.08. The fraction of sp³-hybridized carbons (Fsp3) is 0.348. The van der Waals surface area contributed by atoms with Crippen molar-refractivity contribution in [3.63, 3.8) is 0 Å². The SMILES string of the molecule is COc1ccccc1C(=O)NCCc1nc2cc(NC(=O)[C@@H]3CCCO3)ccc2n1C. The monoisotopic (exact) mass is 422 g/mol. The highest BCUT2D eigenvalue weighted by Gasteiger charge is 2.23. The molecule has 31 heavy (non-hydrogen) atoms. The van der Waals surface area contributed by atoms with E-state index in [2.05, 4.69) is 15.6 Å². The molecule has 1 fully saturated rings. The van der Waals surface area contributed by atoms with Crippen LogP contribution in [0.2, 0.25) is 0 Å². The molecule has 0 bridgehead atoms. The molecule has 0 spiro atoms.